The lowest BCUT2D eigenvalue weighted by atomic mass is 10.3. The summed E-state index contributed by atoms with van der Waals surface area (Å²) in [7, 11) is -3.13. The Balaban J connectivity index is 2.12. The van der Waals surface area contributed by atoms with E-state index in [2.05, 4.69) is 9.97 Å². The van der Waals surface area contributed by atoms with E-state index >= 15 is 0 Å². The van der Waals surface area contributed by atoms with Gasteiger partial charge in [-0.25, -0.2) is 13.4 Å². The van der Waals surface area contributed by atoms with E-state index in [-0.39, 0.29) is 5.28 Å². The van der Waals surface area contributed by atoms with Crippen molar-refractivity contribution < 1.29 is 8.42 Å². The van der Waals surface area contributed by atoms with E-state index in [1.165, 1.54) is 16.8 Å². The minimum Gasteiger partial charge on any atom is -0.394 e. The molecule has 0 amide bonds. The number of piperazine rings is 1. The Hall–Kier alpha value is -1.12. The largest absolute Gasteiger partial charge is 0.394 e. The summed E-state index contributed by atoms with van der Waals surface area (Å²) in [6.45, 7) is 1.90. The maximum atomic E-state index is 11.4. The van der Waals surface area contributed by atoms with Crippen molar-refractivity contribution in [2.45, 2.75) is 0 Å². The van der Waals surface area contributed by atoms with Gasteiger partial charge >= 0.3 is 0 Å². The van der Waals surface area contributed by atoms with E-state index < -0.39 is 10.0 Å². The Kier molecular flexibility index (Phi) is 3.60. The summed E-state index contributed by atoms with van der Waals surface area (Å²) in [5.41, 5.74) is 6.22. The molecule has 7 nitrogen and oxygen atoms in total. The smallest absolute Gasteiger partial charge is 0.224 e. The Bertz CT molecular complexity index is 542. The van der Waals surface area contributed by atoms with Crippen molar-refractivity contribution >= 4 is 33.1 Å². The number of nitrogens with two attached hydrogens (primary N) is 1. The maximum Gasteiger partial charge on any atom is 0.224 e. The van der Waals surface area contributed by atoms with Gasteiger partial charge in [0.15, 0.2) is 5.82 Å². The van der Waals surface area contributed by atoms with Gasteiger partial charge in [-0.2, -0.15) is 9.29 Å². The minimum absolute atomic E-state index is 0.129. The molecule has 9 heteroatoms. The van der Waals surface area contributed by atoms with Gasteiger partial charge in [0.2, 0.25) is 15.3 Å². The lowest BCUT2D eigenvalue weighted by Crippen LogP contribution is -2.48. The van der Waals surface area contributed by atoms with E-state index in [0.717, 1.165) is 0 Å². The highest BCUT2D eigenvalue weighted by Crippen LogP contribution is 2.22. The first kappa shape index (κ1) is 13.3. The number of rotatable bonds is 2. The fraction of sp³-hybridized carbons (Fsp3) is 0.556. The SMILES string of the molecule is CS(=O)(=O)N1CCN(c2nc(Cl)ncc2N)CC1. The molecule has 18 heavy (non-hydrogen) atoms. The summed E-state index contributed by atoms with van der Waals surface area (Å²) < 4.78 is 24.2. The van der Waals surface area contributed by atoms with Crippen LogP contribution in [0.1, 0.15) is 0 Å². The van der Waals surface area contributed by atoms with Crippen LogP contribution in [0.4, 0.5) is 11.5 Å². The third-order valence-electron chi connectivity index (χ3n) is 2.77. The molecule has 0 aliphatic carbocycles. The normalized spacial score (nSPS) is 18.0. The number of hydrogen-bond donors (Lipinski definition) is 1. The molecule has 2 rings (SSSR count). The Morgan fingerprint density at radius 2 is 1.94 bits per heavy atom. The Morgan fingerprint density at radius 1 is 1.33 bits per heavy atom. The van der Waals surface area contributed by atoms with Crippen LogP contribution < -0.4 is 10.6 Å². The van der Waals surface area contributed by atoms with Crippen molar-refractivity contribution in [3.8, 4) is 0 Å². The van der Waals surface area contributed by atoms with Crippen molar-refractivity contribution in [1.82, 2.24) is 14.3 Å². The summed E-state index contributed by atoms with van der Waals surface area (Å²) in [4.78, 5) is 9.76. The predicted octanol–water partition coefficient (Wildman–Crippen LogP) is -0.206. The van der Waals surface area contributed by atoms with Crippen LogP contribution >= 0.6 is 11.6 Å². The first-order valence-corrected chi connectivity index (χ1v) is 7.58. The quantitative estimate of drug-likeness (QED) is 0.758. The van der Waals surface area contributed by atoms with E-state index in [1.54, 1.807) is 0 Å². The third kappa shape index (κ3) is 2.82. The van der Waals surface area contributed by atoms with Gasteiger partial charge in [-0.1, -0.05) is 0 Å². The average molecular weight is 292 g/mol. The molecule has 0 atom stereocenters. The zero-order chi connectivity index (χ0) is 13.3. The van der Waals surface area contributed by atoms with Gasteiger partial charge in [0.1, 0.15) is 0 Å². The molecule has 1 saturated heterocycles. The van der Waals surface area contributed by atoms with Crippen LogP contribution in [-0.4, -0.2) is 55.1 Å². The summed E-state index contributed by atoms with van der Waals surface area (Å²) in [5.74, 6) is 0.558. The summed E-state index contributed by atoms with van der Waals surface area (Å²) in [5, 5.41) is 0.129. The number of aromatic nitrogens is 2. The number of nitrogen functional groups attached to an aromatic ring is 1. The molecule has 0 spiro atoms. The fourth-order valence-electron chi connectivity index (χ4n) is 1.85. The summed E-state index contributed by atoms with van der Waals surface area (Å²) >= 11 is 5.73. The van der Waals surface area contributed by atoms with Crippen molar-refractivity contribution in [3.63, 3.8) is 0 Å². The van der Waals surface area contributed by atoms with Crippen LogP contribution in [0.2, 0.25) is 5.28 Å². The molecule has 0 radical (unpaired) electrons. The first-order chi connectivity index (χ1) is 8.38. The zero-order valence-electron chi connectivity index (χ0n) is 9.87. The van der Waals surface area contributed by atoms with Crippen LogP contribution in [0.5, 0.6) is 0 Å². The van der Waals surface area contributed by atoms with Gasteiger partial charge in [0.05, 0.1) is 18.1 Å². The molecule has 2 heterocycles. The molecular formula is C9H14ClN5O2S. The summed E-state index contributed by atoms with van der Waals surface area (Å²) in [6.07, 6.45) is 2.66. The molecule has 2 N–H and O–H groups in total. The van der Waals surface area contributed by atoms with Gasteiger partial charge in [0.25, 0.3) is 0 Å². The minimum atomic E-state index is -3.13. The van der Waals surface area contributed by atoms with Crippen molar-refractivity contribution in [3.05, 3.63) is 11.5 Å². The highest BCUT2D eigenvalue weighted by atomic mass is 35.5. The molecule has 100 valence electrons. The standard InChI is InChI=1S/C9H14ClN5O2S/c1-18(16,17)15-4-2-14(3-5-15)8-7(11)6-12-9(10)13-8/h6H,2-5,11H2,1H3. The van der Waals surface area contributed by atoms with Gasteiger partial charge in [-0.15, -0.1) is 0 Å². The van der Waals surface area contributed by atoms with E-state index in [9.17, 15) is 8.42 Å². The van der Waals surface area contributed by atoms with E-state index in [0.29, 0.717) is 37.7 Å². The number of halogens is 1. The monoisotopic (exact) mass is 291 g/mol. The Labute approximate surface area is 111 Å². The molecule has 1 aliphatic rings. The number of nitrogens with zero attached hydrogens (tertiary/aromatic N) is 4. The van der Waals surface area contributed by atoms with Crippen molar-refractivity contribution in [1.29, 1.82) is 0 Å². The molecule has 0 bridgehead atoms. The van der Waals surface area contributed by atoms with Crippen LogP contribution in [0.3, 0.4) is 0 Å². The highest BCUT2D eigenvalue weighted by Gasteiger charge is 2.25. The van der Waals surface area contributed by atoms with Crippen molar-refractivity contribution in [2.24, 2.45) is 0 Å². The second-order valence-electron chi connectivity index (χ2n) is 4.07. The average Bonchev–Trinajstić information content (AvgIpc) is 2.31. The van der Waals surface area contributed by atoms with E-state index in [1.807, 2.05) is 4.90 Å². The summed E-state index contributed by atoms with van der Waals surface area (Å²) in [6, 6.07) is 0. The second kappa shape index (κ2) is 4.87. The van der Waals surface area contributed by atoms with Crippen LogP contribution in [0.25, 0.3) is 0 Å². The number of anilines is 2. The highest BCUT2D eigenvalue weighted by molar-refractivity contribution is 7.88. The molecular weight excluding hydrogens is 278 g/mol. The fourth-order valence-corrected chi connectivity index (χ4v) is 2.80. The van der Waals surface area contributed by atoms with Crippen LogP contribution in [0.15, 0.2) is 6.20 Å². The van der Waals surface area contributed by atoms with Gasteiger partial charge in [-0.05, 0) is 11.6 Å². The lowest BCUT2D eigenvalue weighted by Gasteiger charge is -2.34. The second-order valence-corrected chi connectivity index (χ2v) is 6.39. The third-order valence-corrected chi connectivity index (χ3v) is 4.26. The van der Waals surface area contributed by atoms with Gasteiger partial charge < -0.3 is 10.6 Å². The van der Waals surface area contributed by atoms with E-state index in [4.69, 9.17) is 17.3 Å². The number of hydrogen-bond acceptors (Lipinski definition) is 6. The van der Waals surface area contributed by atoms with Gasteiger partial charge in [-0.3, -0.25) is 0 Å². The van der Waals surface area contributed by atoms with Crippen molar-refractivity contribution in [2.75, 3.05) is 43.1 Å². The van der Waals surface area contributed by atoms with Crippen LogP contribution in [0, 0.1) is 0 Å². The zero-order valence-corrected chi connectivity index (χ0v) is 11.4. The first-order valence-electron chi connectivity index (χ1n) is 5.36. The van der Waals surface area contributed by atoms with Gasteiger partial charge in [0, 0.05) is 26.2 Å². The Morgan fingerprint density at radius 3 is 2.50 bits per heavy atom. The molecule has 1 fully saturated rings. The predicted molar refractivity (Wildman–Crippen MR) is 70.1 cm³/mol. The lowest BCUT2D eigenvalue weighted by molar-refractivity contribution is 0.387. The topological polar surface area (TPSA) is 92.4 Å². The maximum absolute atomic E-state index is 11.4. The molecule has 0 unspecified atom stereocenters. The molecule has 1 aromatic rings. The molecule has 1 aromatic heterocycles. The molecule has 0 aromatic carbocycles. The van der Waals surface area contributed by atoms with Crippen LogP contribution in [-0.2, 0) is 10.0 Å². The molecule has 1 aliphatic heterocycles. The molecule has 0 saturated carbocycles. The number of sulfonamides is 1.